The SMILES string of the molecule is CN1Cc2nc(C(=O)N[C@@H]3CCCC[C@@H]3NC(=O)c3cc4cc(Cl)ccc4[nH]3)sc2C1. The van der Waals surface area contributed by atoms with Crippen LogP contribution in [0.25, 0.3) is 10.9 Å². The smallest absolute Gasteiger partial charge is 0.280 e. The number of aromatic nitrogens is 2. The third kappa shape index (κ3) is 4.20. The molecule has 9 heteroatoms. The van der Waals surface area contributed by atoms with Gasteiger partial charge in [0.2, 0.25) is 0 Å². The Hall–Kier alpha value is -2.42. The van der Waals surface area contributed by atoms with Crippen LogP contribution in [0.2, 0.25) is 5.02 Å². The van der Waals surface area contributed by atoms with Crippen LogP contribution in [0.5, 0.6) is 0 Å². The van der Waals surface area contributed by atoms with Crippen molar-refractivity contribution in [1.29, 1.82) is 0 Å². The molecule has 3 heterocycles. The van der Waals surface area contributed by atoms with Crippen LogP contribution in [-0.2, 0) is 13.1 Å². The number of amides is 2. The van der Waals surface area contributed by atoms with Gasteiger partial charge in [-0.15, -0.1) is 11.3 Å². The predicted octanol–water partition coefficient (Wildman–Crippen LogP) is 3.69. The lowest BCUT2D eigenvalue weighted by atomic mass is 9.90. The predicted molar refractivity (Wildman–Crippen MR) is 122 cm³/mol. The summed E-state index contributed by atoms with van der Waals surface area (Å²) < 4.78 is 0. The normalized spacial score (nSPS) is 21.2. The fourth-order valence-corrected chi connectivity index (χ4v) is 5.70. The lowest BCUT2D eigenvalue weighted by Gasteiger charge is -2.32. The van der Waals surface area contributed by atoms with Crippen molar-refractivity contribution < 1.29 is 9.59 Å². The average Bonchev–Trinajstić information content (AvgIpc) is 3.41. The molecule has 2 atom stereocenters. The molecule has 0 spiro atoms. The molecular formula is C22H24ClN5O2S. The minimum absolute atomic E-state index is 0.106. The summed E-state index contributed by atoms with van der Waals surface area (Å²) in [6.07, 6.45) is 3.73. The Morgan fingerprint density at radius 2 is 1.87 bits per heavy atom. The minimum atomic E-state index is -0.172. The number of hydrogen-bond donors (Lipinski definition) is 3. The quantitative estimate of drug-likeness (QED) is 0.557. The summed E-state index contributed by atoms with van der Waals surface area (Å²) in [6.45, 7) is 1.63. The van der Waals surface area contributed by atoms with E-state index in [1.165, 1.54) is 16.2 Å². The molecule has 1 aliphatic carbocycles. The Morgan fingerprint density at radius 3 is 2.61 bits per heavy atom. The van der Waals surface area contributed by atoms with E-state index in [4.69, 9.17) is 11.6 Å². The van der Waals surface area contributed by atoms with Crippen LogP contribution in [0, 0.1) is 0 Å². The number of carbonyl (C=O) groups excluding carboxylic acids is 2. The molecule has 7 nitrogen and oxygen atoms in total. The zero-order valence-electron chi connectivity index (χ0n) is 17.2. The number of fused-ring (bicyclic) bond motifs is 2. The number of halogens is 1. The number of nitrogens with one attached hydrogen (secondary N) is 3. The summed E-state index contributed by atoms with van der Waals surface area (Å²) in [5, 5.41) is 8.29. The van der Waals surface area contributed by atoms with Crippen molar-refractivity contribution >= 4 is 45.7 Å². The standard InChI is InChI=1S/C22H24ClN5O2S/c1-28-10-18-19(11-28)31-22(27-18)21(30)26-16-5-3-2-4-15(16)25-20(29)17-9-12-8-13(23)6-7-14(12)24-17/h6-9,15-16,24H,2-5,10-11H2,1H3,(H,25,29)(H,26,30)/t15-,16+/m0/s1. The van der Waals surface area contributed by atoms with E-state index in [0.29, 0.717) is 15.7 Å². The third-order valence-corrected chi connectivity index (χ3v) is 7.35. The molecule has 3 N–H and O–H groups in total. The first-order valence-corrected chi connectivity index (χ1v) is 11.7. The molecule has 2 aliphatic rings. The Morgan fingerprint density at radius 1 is 1.13 bits per heavy atom. The van der Waals surface area contributed by atoms with Crippen molar-refractivity contribution in [3.8, 4) is 0 Å². The van der Waals surface area contributed by atoms with Gasteiger partial charge >= 0.3 is 0 Å². The van der Waals surface area contributed by atoms with Crippen LogP contribution in [0.1, 0.15) is 56.5 Å². The minimum Gasteiger partial charge on any atom is -0.351 e. The Labute approximate surface area is 189 Å². The van der Waals surface area contributed by atoms with E-state index in [1.54, 1.807) is 12.1 Å². The van der Waals surface area contributed by atoms with Crippen LogP contribution >= 0.6 is 22.9 Å². The van der Waals surface area contributed by atoms with Gasteiger partial charge in [0.1, 0.15) is 5.69 Å². The monoisotopic (exact) mass is 457 g/mol. The first kappa shape index (κ1) is 20.5. The van der Waals surface area contributed by atoms with Gasteiger partial charge in [-0.3, -0.25) is 14.5 Å². The molecule has 0 unspecified atom stereocenters. The van der Waals surface area contributed by atoms with Gasteiger partial charge in [-0.25, -0.2) is 4.98 Å². The van der Waals surface area contributed by atoms with Crippen LogP contribution in [0.15, 0.2) is 24.3 Å². The Kier molecular flexibility index (Phi) is 5.45. The van der Waals surface area contributed by atoms with Gasteiger partial charge in [0, 0.05) is 46.0 Å². The number of thiazole rings is 1. The van der Waals surface area contributed by atoms with Crippen LogP contribution in [0.3, 0.4) is 0 Å². The number of benzene rings is 1. The van der Waals surface area contributed by atoms with Gasteiger partial charge in [0.15, 0.2) is 5.01 Å². The van der Waals surface area contributed by atoms with Crippen molar-refractivity contribution in [3.05, 3.63) is 50.6 Å². The number of carbonyl (C=O) groups is 2. The lowest BCUT2D eigenvalue weighted by Crippen LogP contribution is -2.53. The first-order chi connectivity index (χ1) is 15.0. The summed E-state index contributed by atoms with van der Waals surface area (Å²) in [7, 11) is 2.05. The highest BCUT2D eigenvalue weighted by Crippen LogP contribution is 2.28. The molecule has 1 aliphatic heterocycles. The molecular weight excluding hydrogens is 434 g/mol. The second kappa shape index (κ2) is 8.26. The summed E-state index contributed by atoms with van der Waals surface area (Å²) in [6, 6.07) is 7.07. The van der Waals surface area contributed by atoms with E-state index in [-0.39, 0.29) is 23.9 Å². The maximum atomic E-state index is 12.9. The highest BCUT2D eigenvalue weighted by atomic mass is 35.5. The zero-order chi connectivity index (χ0) is 21.5. The van der Waals surface area contributed by atoms with Gasteiger partial charge in [-0.1, -0.05) is 24.4 Å². The Balaban J connectivity index is 1.27. The van der Waals surface area contributed by atoms with Gasteiger partial charge in [0.25, 0.3) is 11.8 Å². The topological polar surface area (TPSA) is 90.1 Å². The van der Waals surface area contributed by atoms with Crippen molar-refractivity contribution in [2.45, 2.75) is 50.9 Å². The number of aromatic amines is 1. The summed E-state index contributed by atoms with van der Waals surface area (Å²) in [5.74, 6) is -0.316. The summed E-state index contributed by atoms with van der Waals surface area (Å²) >= 11 is 7.52. The van der Waals surface area contributed by atoms with Crippen molar-refractivity contribution in [3.63, 3.8) is 0 Å². The highest BCUT2D eigenvalue weighted by Gasteiger charge is 2.30. The van der Waals surface area contributed by atoms with Crippen LogP contribution in [0.4, 0.5) is 0 Å². The third-order valence-electron chi connectivity index (χ3n) is 6.03. The molecule has 5 rings (SSSR count). The molecule has 162 valence electrons. The highest BCUT2D eigenvalue weighted by molar-refractivity contribution is 7.13. The second-order valence-electron chi connectivity index (χ2n) is 8.42. The fraction of sp³-hybridized carbons (Fsp3) is 0.409. The van der Waals surface area contributed by atoms with Crippen molar-refractivity contribution in [2.24, 2.45) is 0 Å². The lowest BCUT2D eigenvalue weighted by molar-refractivity contribution is 0.0860. The average molecular weight is 458 g/mol. The van der Waals surface area contributed by atoms with Gasteiger partial charge in [-0.2, -0.15) is 0 Å². The number of H-pyrrole nitrogens is 1. The van der Waals surface area contributed by atoms with Crippen molar-refractivity contribution in [1.82, 2.24) is 25.5 Å². The molecule has 0 saturated heterocycles. The van der Waals surface area contributed by atoms with E-state index in [0.717, 1.165) is 55.4 Å². The second-order valence-corrected chi connectivity index (χ2v) is 9.94. The molecule has 3 aromatic rings. The van der Waals surface area contributed by atoms with E-state index >= 15 is 0 Å². The summed E-state index contributed by atoms with van der Waals surface area (Å²) in [5.41, 5.74) is 2.36. The van der Waals surface area contributed by atoms with Gasteiger partial charge in [0.05, 0.1) is 5.69 Å². The maximum Gasteiger partial charge on any atom is 0.280 e. The van der Waals surface area contributed by atoms with Crippen LogP contribution < -0.4 is 10.6 Å². The number of rotatable bonds is 4. The molecule has 31 heavy (non-hydrogen) atoms. The first-order valence-electron chi connectivity index (χ1n) is 10.5. The van der Waals surface area contributed by atoms with Gasteiger partial charge < -0.3 is 15.6 Å². The fourth-order valence-electron chi connectivity index (χ4n) is 4.46. The molecule has 0 radical (unpaired) electrons. The zero-order valence-corrected chi connectivity index (χ0v) is 18.8. The number of hydrogen-bond acceptors (Lipinski definition) is 5. The van der Waals surface area contributed by atoms with E-state index in [1.807, 2.05) is 19.2 Å². The molecule has 2 aromatic heterocycles. The largest absolute Gasteiger partial charge is 0.351 e. The van der Waals surface area contributed by atoms with Gasteiger partial charge in [-0.05, 0) is 44.2 Å². The van der Waals surface area contributed by atoms with E-state index in [9.17, 15) is 9.59 Å². The molecule has 1 saturated carbocycles. The summed E-state index contributed by atoms with van der Waals surface area (Å²) in [4.78, 5) is 36.8. The van der Waals surface area contributed by atoms with E-state index in [2.05, 4.69) is 25.5 Å². The van der Waals surface area contributed by atoms with E-state index < -0.39 is 0 Å². The molecule has 0 bridgehead atoms. The molecule has 1 aromatic carbocycles. The number of nitrogens with zero attached hydrogens (tertiary/aromatic N) is 2. The van der Waals surface area contributed by atoms with Crippen LogP contribution in [-0.4, -0.2) is 45.8 Å². The molecule has 1 fully saturated rings. The Bertz CT molecular complexity index is 1130. The van der Waals surface area contributed by atoms with Crippen molar-refractivity contribution in [2.75, 3.05) is 7.05 Å². The molecule has 2 amide bonds. The maximum absolute atomic E-state index is 12.9.